The van der Waals surface area contributed by atoms with E-state index in [4.69, 9.17) is 9.72 Å². The van der Waals surface area contributed by atoms with E-state index in [0.717, 1.165) is 37.7 Å². The topological polar surface area (TPSA) is 56.2 Å². The average Bonchev–Trinajstić information content (AvgIpc) is 3.22. The number of aromatic nitrogens is 2. The van der Waals surface area contributed by atoms with E-state index in [2.05, 4.69) is 41.1 Å². The van der Waals surface area contributed by atoms with Crippen molar-refractivity contribution in [1.82, 2.24) is 14.9 Å². The number of unbranched alkanes of at least 4 members (excludes halogenated alkanes) is 8. The van der Waals surface area contributed by atoms with E-state index in [1.807, 2.05) is 18.2 Å². The van der Waals surface area contributed by atoms with Crippen molar-refractivity contribution in [3.63, 3.8) is 0 Å². The van der Waals surface area contributed by atoms with E-state index in [1.165, 1.54) is 56.3 Å². The lowest BCUT2D eigenvalue weighted by Gasteiger charge is -2.10. The van der Waals surface area contributed by atoms with Gasteiger partial charge in [0.25, 0.3) is 5.91 Å². The lowest BCUT2D eigenvalue weighted by atomic mass is 10.1. The smallest absolute Gasteiger partial charge is 0.251 e. The monoisotopic (exact) mass is 463 g/mol. The highest BCUT2D eigenvalue weighted by Crippen LogP contribution is 2.19. The summed E-state index contributed by atoms with van der Waals surface area (Å²) < 4.78 is 7.64. The summed E-state index contributed by atoms with van der Waals surface area (Å²) in [5.41, 5.74) is 3.00. The second-order valence-corrected chi connectivity index (χ2v) is 9.09. The highest BCUT2D eigenvalue weighted by atomic mass is 16.5. The van der Waals surface area contributed by atoms with E-state index >= 15 is 0 Å². The highest BCUT2D eigenvalue weighted by Gasteiger charge is 2.10. The van der Waals surface area contributed by atoms with Crippen molar-refractivity contribution in [2.24, 2.45) is 0 Å². The summed E-state index contributed by atoms with van der Waals surface area (Å²) in [5.74, 6) is 1.86. The maximum Gasteiger partial charge on any atom is 0.251 e. The molecule has 3 rings (SSSR count). The number of nitrogens with zero attached hydrogens (tertiary/aromatic N) is 2. The number of hydrogen-bond acceptors (Lipinski definition) is 3. The molecule has 184 valence electrons. The van der Waals surface area contributed by atoms with Crippen LogP contribution in [0, 0.1) is 0 Å². The summed E-state index contributed by atoms with van der Waals surface area (Å²) in [5, 5.41) is 3.02. The van der Waals surface area contributed by atoms with Crippen molar-refractivity contribution in [3.8, 4) is 5.75 Å². The van der Waals surface area contributed by atoms with E-state index in [1.54, 1.807) is 13.2 Å². The molecule has 0 spiro atoms. The van der Waals surface area contributed by atoms with Gasteiger partial charge in [-0.1, -0.05) is 70.1 Å². The number of fused-ring (bicyclic) bond motifs is 1. The molecule has 0 unspecified atom stereocenters. The zero-order valence-electron chi connectivity index (χ0n) is 21.0. The average molecular weight is 464 g/mol. The molecule has 0 saturated heterocycles. The fourth-order valence-corrected chi connectivity index (χ4v) is 4.45. The Morgan fingerprint density at radius 1 is 0.912 bits per heavy atom. The molecular weight excluding hydrogens is 422 g/mol. The van der Waals surface area contributed by atoms with E-state index in [9.17, 15) is 4.79 Å². The van der Waals surface area contributed by atoms with Gasteiger partial charge in [0.2, 0.25) is 0 Å². The molecule has 1 aromatic heterocycles. The van der Waals surface area contributed by atoms with Crippen LogP contribution in [0.2, 0.25) is 0 Å². The van der Waals surface area contributed by atoms with Gasteiger partial charge in [-0.15, -0.1) is 0 Å². The van der Waals surface area contributed by atoms with Crippen LogP contribution in [0.4, 0.5) is 0 Å². The van der Waals surface area contributed by atoms with Crippen molar-refractivity contribution in [2.45, 2.75) is 84.1 Å². The fraction of sp³-hybridized carbons (Fsp3) is 0.517. The minimum Gasteiger partial charge on any atom is -0.497 e. The number of para-hydroxylation sites is 2. The van der Waals surface area contributed by atoms with Crippen LogP contribution >= 0.6 is 0 Å². The number of carbonyl (C=O) groups excluding carboxylic acids is 1. The van der Waals surface area contributed by atoms with Gasteiger partial charge in [0.1, 0.15) is 11.6 Å². The van der Waals surface area contributed by atoms with Gasteiger partial charge in [-0.2, -0.15) is 0 Å². The fourth-order valence-electron chi connectivity index (χ4n) is 4.45. The van der Waals surface area contributed by atoms with Gasteiger partial charge in [0.15, 0.2) is 0 Å². The molecular formula is C29H41N3O2. The molecule has 5 heteroatoms. The Balaban J connectivity index is 1.41. The van der Waals surface area contributed by atoms with Gasteiger partial charge in [0.05, 0.1) is 18.1 Å². The number of carbonyl (C=O) groups is 1. The van der Waals surface area contributed by atoms with Gasteiger partial charge in [-0.3, -0.25) is 4.79 Å². The number of imidazole rings is 1. The second-order valence-electron chi connectivity index (χ2n) is 9.09. The Morgan fingerprint density at radius 2 is 1.68 bits per heavy atom. The largest absolute Gasteiger partial charge is 0.497 e. The molecule has 3 aromatic rings. The van der Waals surface area contributed by atoms with Crippen molar-refractivity contribution in [1.29, 1.82) is 0 Å². The molecule has 34 heavy (non-hydrogen) atoms. The Morgan fingerprint density at radius 3 is 2.50 bits per heavy atom. The van der Waals surface area contributed by atoms with Gasteiger partial charge < -0.3 is 14.6 Å². The first-order valence-electron chi connectivity index (χ1n) is 13.1. The molecule has 0 aliphatic rings. The van der Waals surface area contributed by atoms with Crippen molar-refractivity contribution in [3.05, 3.63) is 59.9 Å². The zero-order valence-corrected chi connectivity index (χ0v) is 21.0. The van der Waals surface area contributed by atoms with E-state index in [-0.39, 0.29) is 5.91 Å². The molecule has 0 fully saturated rings. The molecule has 0 radical (unpaired) electrons. The first-order chi connectivity index (χ1) is 16.7. The van der Waals surface area contributed by atoms with Crippen molar-refractivity contribution in [2.75, 3.05) is 13.7 Å². The van der Waals surface area contributed by atoms with Gasteiger partial charge >= 0.3 is 0 Å². The lowest BCUT2D eigenvalue weighted by Crippen LogP contribution is -2.24. The van der Waals surface area contributed by atoms with Crippen LogP contribution < -0.4 is 10.1 Å². The number of aryl methyl sites for hydroxylation is 2. The molecule has 0 bridgehead atoms. The van der Waals surface area contributed by atoms with E-state index < -0.39 is 0 Å². The van der Waals surface area contributed by atoms with Gasteiger partial charge in [-0.25, -0.2) is 4.98 Å². The normalized spacial score (nSPS) is 11.1. The first kappa shape index (κ1) is 25.8. The van der Waals surface area contributed by atoms with Crippen LogP contribution in [0.5, 0.6) is 5.75 Å². The second kappa shape index (κ2) is 14.4. The molecule has 0 aliphatic carbocycles. The van der Waals surface area contributed by atoms with Gasteiger partial charge in [0, 0.05) is 25.1 Å². The van der Waals surface area contributed by atoms with Gasteiger partial charge in [-0.05, 0) is 49.6 Å². The number of benzene rings is 2. The third-order valence-corrected chi connectivity index (χ3v) is 6.41. The van der Waals surface area contributed by atoms with E-state index in [0.29, 0.717) is 17.9 Å². The highest BCUT2D eigenvalue weighted by molar-refractivity contribution is 5.94. The molecule has 2 aromatic carbocycles. The number of rotatable bonds is 16. The summed E-state index contributed by atoms with van der Waals surface area (Å²) in [6, 6.07) is 15.8. The predicted molar refractivity (Wildman–Crippen MR) is 141 cm³/mol. The van der Waals surface area contributed by atoms with Crippen LogP contribution in [0.1, 0.15) is 87.3 Å². The summed E-state index contributed by atoms with van der Waals surface area (Å²) in [6.45, 7) is 4.01. The zero-order chi connectivity index (χ0) is 24.0. The maximum atomic E-state index is 12.3. The quantitative estimate of drug-likeness (QED) is 0.234. The number of amides is 1. The van der Waals surface area contributed by atoms with Crippen molar-refractivity contribution < 1.29 is 9.53 Å². The summed E-state index contributed by atoms with van der Waals surface area (Å²) in [4.78, 5) is 17.3. The molecule has 0 saturated carbocycles. The molecule has 0 atom stereocenters. The third kappa shape index (κ3) is 7.89. The Hall–Kier alpha value is -2.82. The van der Waals surface area contributed by atoms with Crippen LogP contribution in [-0.4, -0.2) is 29.1 Å². The van der Waals surface area contributed by atoms with Crippen LogP contribution in [-0.2, 0) is 13.0 Å². The Bertz CT molecular complexity index is 1010. The Labute approximate surface area is 204 Å². The Kier molecular flexibility index (Phi) is 11.0. The number of hydrogen-bond donors (Lipinski definition) is 1. The molecule has 1 amide bonds. The molecule has 1 heterocycles. The minimum absolute atomic E-state index is 0.0459. The number of nitrogens with one attached hydrogen (secondary N) is 1. The molecule has 1 N–H and O–H groups in total. The van der Waals surface area contributed by atoms with Crippen LogP contribution in [0.3, 0.4) is 0 Å². The minimum atomic E-state index is -0.0459. The summed E-state index contributed by atoms with van der Waals surface area (Å²) in [7, 11) is 1.61. The predicted octanol–water partition coefficient (Wildman–Crippen LogP) is 6.94. The van der Waals surface area contributed by atoms with Crippen LogP contribution in [0.15, 0.2) is 48.5 Å². The maximum absolute atomic E-state index is 12.3. The van der Waals surface area contributed by atoms with Crippen LogP contribution in [0.25, 0.3) is 11.0 Å². The summed E-state index contributed by atoms with van der Waals surface area (Å²) >= 11 is 0. The number of methoxy groups -OCH3 is 1. The third-order valence-electron chi connectivity index (χ3n) is 6.41. The molecule has 0 aliphatic heterocycles. The first-order valence-corrected chi connectivity index (χ1v) is 13.1. The van der Waals surface area contributed by atoms with Crippen molar-refractivity contribution >= 4 is 16.9 Å². The standard InChI is InChI=1S/C29H41N3O2/c1-3-4-5-6-7-8-14-22-32-27-19-12-11-18-26(27)31-28(32)20-10-9-13-21-30-29(33)24-16-15-17-25(23-24)34-2/h11-12,15-19,23H,3-10,13-14,20-22H2,1-2H3,(H,30,33). The number of ether oxygens (including phenoxy) is 1. The summed E-state index contributed by atoms with van der Waals surface area (Å²) in [6.07, 6.45) is 13.3. The SMILES string of the molecule is CCCCCCCCCn1c(CCCCCNC(=O)c2cccc(OC)c2)nc2ccccc21. The lowest BCUT2D eigenvalue weighted by molar-refractivity contribution is 0.0952. The molecule has 5 nitrogen and oxygen atoms in total.